The van der Waals surface area contributed by atoms with Gasteiger partial charge in [-0.25, -0.2) is 13.2 Å². The molecule has 1 aliphatic heterocycles. The Bertz CT molecular complexity index is 1060. The summed E-state index contributed by atoms with van der Waals surface area (Å²) in [6.45, 7) is 4.00. The molecule has 0 aliphatic carbocycles. The summed E-state index contributed by atoms with van der Waals surface area (Å²) in [5, 5.41) is 2.72. The van der Waals surface area contributed by atoms with E-state index in [2.05, 4.69) is 10.1 Å². The Balaban J connectivity index is 1.67. The SMILES string of the molecule is COC(=O)COc1cccc(C(=O)Nc2ccc(S(=O)(=O)N3CC(C)OC(C)C3)cc2)c1. The summed E-state index contributed by atoms with van der Waals surface area (Å²) in [6, 6.07) is 12.3. The van der Waals surface area contributed by atoms with Crippen LogP contribution in [0.2, 0.25) is 0 Å². The fraction of sp³-hybridized carbons (Fsp3) is 0.364. The van der Waals surface area contributed by atoms with Crippen LogP contribution in [0.4, 0.5) is 5.69 Å². The maximum atomic E-state index is 12.9. The van der Waals surface area contributed by atoms with Gasteiger partial charge in [0.2, 0.25) is 10.0 Å². The van der Waals surface area contributed by atoms with Crippen LogP contribution >= 0.6 is 0 Å². The van der Waals surface area contributed by atoms with E-state index < -0.39 is 21.9 Å². The van der Waals surface area contributed by atoms with Crippen molar-refractivity contribution in [2.45, 2.75) is 31.0 Å². The van der Waals surface area contributed by atoms with E-state index in [1.54, 1.807) is 18.2 Å². The van der Waals surface area contributed by atoms with E-state index in [0.29, 0.717) is 30.1 Å². The van der Waals surface area contributed by atoms with Gasteiger partial charge in [0.15, 0.2) is 6.61 Å². The molecule has 10 heteroatoms. The van der Waals surface area contributed by atoms with Gasteiger partial charge in [-0.2, -0.15) is 4.31 Å². The average Bonchev–Trinajstić information content (AvgIpc) is 2.77. The van der Waals surface area contributed by atoms with Gasteiger partial charge in [-0.1, -0.05) is 6.07 Å². The van der Waals surface area contributed by atoms with Crippen molar-refractivity contribution < 1.29 is 32.2 Å². The van der Waals surface area contributed by atoms with Crippen molar-refractivity contribution in [3.8, 4) is 5.75 Å². The molecule has 1 aliphatic rings. The third-order valence-corrected chi connectivity index (χ3v) is 6.66. The zero-order valence-electron chi connectivity index (χ0n) is 18.1. The highest BCUT2D eigenvalue weighted by Gasteiger charge is 2.32. The molecule has 3 rings (SSSR count). The molecule has 172 valence electrons. The first-order chi connectivity index (χ1) is 15.2. The minimum atomic E-state index is -3.66. The van der Waals surface area contributed by atoms with Gasteiger partial charge in [-0.3, -0.25) is 4.79 Å². The first-order valence-electron chi connectivity index (χ1n) is 10.1. The number of nitrogens with one attached hydrogen (secondary N) is 1. The van der Waals surface area contributed by atoms with Gasteiger partial charge < -0.3 is 19.5 Å². The van der Waals surface area contributed by atoms with Gasteiger partial charge in [-0.05, 0) is 56.3 Å². The first kappa shape index (κ1) is 23.7. The Hall–Kier alpha value is -2.95. The third kappa shape index (κ3) is 5.84. The zero-order chi connectivity index (χ0) is 23.3. The van der Waals surface area contributed by atoms with Crippen LogP contribution in [0.15, 0.2) is 53.4 Å². The number of amides is 1. The van der Waals surface area contributed by atoms with Crippen molar-refractivity contribution >= 4 is 27.6 Å². The van der Waals surface area contributed by atoms with Crippen LogP contribution in [0.25, 0.3) is 0 Å². The summed E-state index contributed by atoms with van der Waals surface area (Å²) in [4.78, 5) is 23.9. The summed E-state index contributed by atoms with van der Waals surface area (Å²) in [7, 11) is -2.40. The number of hydrogen-bond donors (Lipinski definition) is 1. The molecule has 0 bridgehead atoms. The number of sulfonamides is 1. The molecule has 0 aromatic heterocycles. The maximum Gasteiger partial charge on any atom is 0.343 e. The lowest BCUT2D eigenvalue weighted by molar-refractivity contribution is -0.142. The van der Waals surface area contributed by atoms with E-state index in [1.165, 1.54) is 41.7 Å². The van der Waals surface area contributed by atoms with Crippen LogP contribution in [-0.2, 0) is 24.3 Å². The topological polar surface area (TPSA) is 111 Å². The number of esters is 1. The van der Waals surface area contributed by atoms with E-state index in [1.807, 2.05) is 13.8 Å². The zero-order valence-corrected chi connectivity index (χ0v) is 18.9. The summed E-state index contributed by atoms with van der Waals surface area (Å²) < 4.78 is 42.7. The number of nitrogens with zero attached hydrogens (tertiary/aromatic N) is 1. The molecule has 1 N–H and O–H groups in total. The monoisotopic (exact) mass is 462 g/mol. The van der Waals surface area contributed by atoms with E-state index in [-0.39, 0.29) is 23.7 Å². The normalized spacial score (nSPS) is 19.2. The molecule has 0 spiro atoms. The molecule has 32 heavy (non-hydrogen) atoms. The minimum absolute atomic E-state index is 0.148. The molecular weight excluding hydrogens is 436 g/mol. The lowest BCUT2D eigenvalue weighted by atomic mass is 10.2. The third-order valence-electron chi connectivity index (χ3n) is 4.82. The van der Waals surface area contributed by atoms with Crippen molar-refractivity contribution in [2.75, 3.05) is 32.1 Å². The molecule has 9 nitrogen and oxygen atoms in total. The number of ether oxygens (including phenoxy) is 3. The van der Waals surface area contributed by atoms with Gasteiger partial charge >= 0.3 is 5.97 Å². The smallest absolute Gasteiger partial charge is 0.343 e. The quantitative estimate of drug-likeness (QED) is 0.629. The predicted octanol–water partition coefficient (Wildman–Crippen LogP) is 2.29. The summed E-state index contributed by atoms with van der Waals surface area (Å²) >= 11 is 0. The summed E-state index contributed by atoms with van der Waals surface area (Å²) in [5.74, 6) is -0.589. The molecule has 1 saturated heterocycles. The molecule has 1 fully saturated rings. The van der Waals surface area contributed by atoms with Crippen LogP contribution in [0, 0.1) is 0 Å². The van der Waals surface area contributed by atoms with Crippen LogP contribution in [0.1, 0.15) is 24.2 Å². The van der Waals surface area contributed by atoms with Gasteiger partial charge in [-0.15, -0.1) is 0 Å². The van der Waals surface area contributed by atoms with E-state index in [4.69, 9.17) is 9.47 Å². The molecule has 1 amide bonds. The van der Waals surface area contributed by atoms with Crippen molar-refractivity contribution in [2.24, 2.45) is 0 Å². The number of carbonyl (C=O) groups is 2. The Morgan fingerprint density at radius 1 is 1.09 bits per heavy atom. The number of morpholine rings is 1. The number of anilines is 1. The lowest BCUT2D eigenvalue weighted by Gasteiger charge is -2.34. The second-order valence-electron chi connectivity index (χ2n) is 7.45. The maximum absolute atomic E-state index is 12.9. The molecule has 2 aromatic rings. The number of hydrogen-bond acceptors (Lipinski definition) is 7. The van der Waals surface area contributed by atoms with Crippen molar-refractivity contribution in [3.63, 3.8) is 0 Å². The highest BCUT2D eigenvalue weighted by molar-refractivity contribution is 7.89. The van der Waals surface area contributed by atoms with Crippen LogP contribution in [0.5, 0.6) is 5.75 Å². The van der Waals surface area contributed by atoms with Crippen LogP contribution in [-0.4, -0.2) is 63.6 Å². The highest BCUT2D eigenvalue weighted by atomic mass is 32.2. The van der Waals surface area contributed by atoms with Gasteiger partial charge in [0.05, 0.1) is 24.2 Å². The molecular formula is C22H26N2O7S. The van der Waals surface area contributed by atoms with Gasteiger partial charge in [0.25, 0.3) is 5.91 Å². The Kier molecular flexibility index (Phi) is 7.49. The summed E-state index contributed by atoms with van der Waals surface area (Å²) in [6.07, 6.45) is -0.362. The molecule has 0 saturated carbocycles. The number of carbonyl (C=O) groups excluding carboxylic acids is 2. The molecule has 2 aromatic carbocycles. The molecule has 0 radical (unpaired) electrons. The van der Waals surface area contributed by atoms with E-state index in [0.717, 1.165) is 0 Å². The fourth-order valence-electron chi connectivity index (χ4n) is 3.32. The summed E-state index contributed by atoms with van der Waals surface area (Å²) in [5.41, 5.74) is 0.763. The predicted molar refractivity (Wildman–Crippen MR) is 117 cm³/mol. The van der Waals surface area contributed by atoms with Crippen LogP contribution < -0.4 is 10.1 Å². The largest absolute Gasteiger partial charge is 0.482 e. The Labute approximate surface area is 187 Å². The highest BCUT2D eigenvalue weighted by Crippen LogP contribution is 2.23. The molecule has 2 unspecified atom stereocenters. The second kappa shape index (κ2) is 10.1. The van der Waals surface area contributed by atoms with E-state index in [9.17, 15) is 18.0 Å². The van der Waals surface area contributed by atoms with Crippen molar-refractivity contribution in [3.05, 3.63) is 54.1 Å². The standard InChI is InChI=1S/C22H26N2O7S/c1-15-12-24(13-16(2)31-15)32(27,28)20-9-7-18(8-10-20)23-22(26)17-5-4-6-19(11-17)30-14-21(25)29-3/h4-11,15-16H,12-14H2,1-3H3,(H,23,26). The number of methoxy groups -OCH3 is 1. The molecule has 2 atom stereocenters. The minimum Gasteiger partial charge on any atom is -0.482 e. The van der Waals surface area contributed by atoms with E-state index >= 15 is 0 Å². The van der Waals surface area contributed by atoms with Gasteiger partial charge in [0.1, 0.15) is 5.75 Å². The van der Waals surface area contributed by atoms with Crippen molar-refractivity contribution in [1.82, 2.24) is 4.31 Å². The van der Waals surface area contributed by atoms with Gasteiger partial charge in [0, 0.05) is 24.3 Å². The number of rotatable bonds is 7. The average molecular weight is 463 g/mol. The first-order valence-corrected chi connectivity index (χ1v) is 11.5. The molecule has 1 heterocycles. The Morgan fingerprint density at radius 2 is 1.75 bits per heavy atom. The fourth-order valence-corrected chi connectivity index (χ4v) is 4.91. The van der Waals surface area contributed by atoms with Crippen molar-refractivity contribution in [1.29, 1.82) is 0 Å². The second-order valence-corrected chi connectivity index (χ2v) is 9.39. The number of benzene rings is 2. The lowest BCUT2D eigenvalue weighted by Crippen LogP contribution is -2.48. The van der Waals surface area contributed by atoms with Crippen LogP contribution in [0.3, 0.4) is 0 Å². The Morgan fingerprint density at radius 3 is 2.38 bits per heavy atom.